The molecule has 0 aromatic heterocycles. The number of ether oxygens (including phenoxy) is 1. The van der Waals surface area contributed by atoms with Crippen LogP contribution in [0.4, 0.5) is 0 Å². The number of thioether (sulfide) groups is 1. The van der Waals surface area contributed by atoms with Crippen LogP contribution in [0, 0.1) is 5.92 Å². The maximum absolute atomic E-state index is 11.7. The maximum Gasteiger partial charge on any atom is 0.247 e. The standard InChI is InChI=1S/C12H18N2O2S/c1-8(2)11(12(15)14-13)17-10-7-5-4-6-9(10)16-3/h4-8,11H,13H2,1-3H3,(H,14,15). The molecule has 0 saturated heterocycles. The van der Waals surface area contributed by atoms with E-state index in [2.05, 4.69) is 5.43 Å². The highest BCUT2D eigenvalue weighted by molar-refractivity contribution is 8.00. The first kappa shape index (κ1) is 13.9. The molecule has 0 fully saturated rings. The second-order valence-electron chi connectivity index (χ2n) is 3.94. The van der Waals surface area contributed by atoms with Gasteiger partial charge in [0.05, 0.1) is 17.3 Å². The number of hydrogen-bond acceptors (Lipinski definition) is 4. The summed E-state index contributed by atoms with van der Waals surface area (Å²) in [5.41, 5.74) is 2.20. The monoisotopic (exact) mass is 254 g/mol. The molecule has 0 aliphatic heterocycles. The fraction of sp³-hybridized carbons (Fsp3) is 0.417. The molecule has 1 unspecified atom stereocenters. The molecule has 1 atom stereocenters. The van der Waals surface area contributed by atoms with Crippen LogP contribution in [-0.4, -0.2) is 18.3 Å². The van der Waals surface area contributed by atoms with Crippen LogP contribution < -0.4 is 16.0 Å². The number of para-hydroxylation sites is 1. The van der Waals surface area contributed by atoms with Crippen LogP contribution >= 0.6 is 11.8 Å². The lowest BCUT2D eigenvalue weighted by Gasteiger charge is -2.19. The molecule has 0 radical (unpaired) electrons. The third-order valence-electron chi connectivity index (χ3n) is 2.33. The highest BCUT2D eigenvalue weighted by Gasteiger charge is 2.23. The Hall–Kier alpha value is -1.20. The van der Waals surface area contributed by atoms with Crippen molar-refractivity contribution in [3.05, 3.63) is 24.3 Å². The van der Waals surface area contributed by atoms with Crippen molar-refractivity contribution in [2.24, 2.45) is 11.8 Å². The minimum atomic E-state index is -0.226. The van der Waals surface area contributed by atoms with Crippen molar-refractivity contribution in [2.75, 3.05) is 7.11 Å². The van der Waals surface area contributed by atoms with Gasteiger partial charge in [-0.1, -0.05) is 26.0 Å². The topological polar surface area (TPSA) is 64.3 Å². The Kier molecular flexibility index (Phi) is 5.31. The molecule has 1 amide bonds. The first-order valence-corrected chi connectivity index (χ1v) is 6.28. The molecular weight excluding hydrogens is 236 g/mol. The number of carbonyl (C=O) groups excluding carboxylic acids is 1. The average Bonchev–Trinajstić information content (AvgIpc) is 2.35. The lowest BCUT2D eigenvalue weighted by atomic mass is 10.1. The van der Waals surface area contributed by atoms with Gasteiger partial charge in [-0.2, -0.15) is 0 Å². The lowest BCUT2D eigenvalue weighted by molar-refractivity contribution is -0.121. The van der Waals surface area contributed by atoms with Crippen LogP contribution in [0.1, 0.15) is 13.8 Å². The number of rotatable bonds is 5. The predicted molar refractivity (Wildman–Crippen MR) is 69.8 cm³/mol. The summed E-state index contributed by atoms with van der Waals surface area (Å²) in [6.07, 6.45) is 0. The SMILES string of the molecule is COc1ccccc1SC(C(=O)NN)C(C)C. The first-order valence-electron chi connectivity index (χ1n) is 5.40. The largest absolute Gasteiger partial charge is 0.496 e. The van der Waals surface area contributed by atoms with Gasteiger partial charge in [0.1, 0.15) is 5.75 Å². The maximum atomic E-state index is 11.7. The normalized spacial score (nSPS) is 12.3. The number of nitrogens with two attached hydrogens (primary N) is 1. The van der Waals surface area contributed by atoms with Crippen molar-refractivity contribution in [1.29, 1.82) is 0 Å². The van der Waals surface area contributed by atoms with E-state index in [-0.39, 0.29) is 17.1 Å². The summed E-state index contributed by atoms with van der Waals surface area (Å²) in [6, 6.07) is 7.63. The summed E-state index contributed by atoms with van der Waals surface area (Å²) in [6.45, 7) is 3.98. The van der Waals surface area contributed by atoms with E-state index in [1.54, 1.807) is 7.11 Å². The number of benzene rings is 1. The van der Waals surface area contributed by atoms with Gasteiger partial charge < -0.3 is 4.74 Å². The Bertz CT molecular complexity index is 383. The summed E-state index contributed by atoms with van der Waals surface area (Å²) in [5.74, 6) is 5.98. The van der Waals surface area contributed by atoms with Crippen molar-refractivity contribution < 1.29 is 9.53 Å². The first-order chi connectivity index (χ1) is 8.10. The zero-order chi connectivity index (χ0) is 12.8. The van der Waals surface area contributed by atoms with Crippen LogP contribution in [-0.2, 0) is 4.79 Å². The van der Waals surface area contributed by atoms with E-state index in [0.717, 1.165) is 10.6 Å². The van der Waals surface area contributed by atoms with Crippen molar-refractivity contribution in [3.8, 4) is 5.75 Å². The van der Waals surface area contributed by atoms with E-state index in [4.69, 9.17) is 10.6 Å². The molecule has 0 heterocycles. The van der Waals surface area contributed by atoms with Crippen LogP contribution in [0.25, 0.3) is 0 Å². The molecule has 1 rings (SSSR count). The van der Waals surface area contributed by atoms with E-state index in [1.807, 2.05) is 38.1 Å². The molecule has 0 spiro atoms. The van der Waals surface area contributed by atoms with Gasteiger partial charge in [-0.25, -0.2) is 5.84 Å². The molecule has 17 heavy (non-hydrogen) atoms. The van der Waals surface area contributed by atoms with Crippen LogP contribution in [0.15, 0.2) is 29.2 Å². The predicted octanol–water partition coefficient (Wildman–Crippen LogP) is 1.80. The number of nitrogens with one attached hydrogen (secondary N) is 1. The molecule has 5 heteroatoms. The number of carbonyl (C=O) groups is 1. The van der Waals surface area contributed by atoms with Crippen LogP contribution in [0.3, 0.4) is 0 Å². The van der Waals surface area contributed by atoms with E-state index < -0.39 is 0 Å². The second kappa shape index (κ2) is 6.51. The van der Waals surface area contributed by atoms with Gasteiger partial charge in [-0.3, -0.25) is 10.2 Å². The molecule has 0 aliphatic rings. The lowest BCUT2D eigenvalue weighted by Crippen LogP contribution is -2.39. The zero-order valence-electron chi connectivity index (χ0n) is 10.3. The Morgan fingerprint density at radius 2 is 2.06 bits per heavy atom. The third-order valence-corrected chi connectivity index (χ3v) is 3.93. The number of amides is 1. The second-order valence-corrected chi connectivity index (χ2v) is 5.13. The quantitative estimate of drug-likeness (QED) is 0.364. The Labute approximate surface area is 106 Å². The minimum absolute atomic E-state index is 0.170. The van der Waals surface area contributed by atoms with E-state index in [0.29, 0.717) is 0 Å². The Balaban J connectivity index is 2.89. The average molecular weight is 254 g/mol. The molecule has 0 bridgehead atoms. The fourth-order valence-electron chi connectivity index (χ4n) is 1.43. The summed E-state index contributed by atoms with van der Waals surface area (Å²) < 4.78 is 5.26. The molecule has 0 aliphatic carbocycles. The van der Waals surface area contributed by atoms with Gasteiger partial charge in [0, 0.05) is 0 Å². The molecule has 1 aromatic carbocycles. The number of hydrogen-bond donors (Lipinski definition) is 2. The minimum Gasteiger partial charge on any atom is -0.496 e. The Morgan fingerprint density at radius 1 is 1.41 bits per heavy atom. The van der Waals surface area contributed by atoms with Gasteiger partial charge in [0.25, 0.3) is 0 Å². The van der Waals surface area contributed by atoms with Crippen molar-refractivity contribution in [1.82, 2.24) is 5.43 Å². The molecule has 3 N–H and O–H groups in total. The van der Waals surface area contributed by atoms with Gasteiger partial charge in [-0.05, 0) is 18.1 Å². The van der Waals surface area contributed by atoms with Crippen molar-refractivity contribution in [3.63, 3.8) is 0 Å². The van der Waals surface area contributed by atoms with Gasteiger partial charge in [-0.15, -0.1) is 11.8 Å². The Morgan fingerprint density at radius 3 is 2.59 bits per heavy atom. The van der Waals surface area contributed by atoms with E-state index in [1.165, 1.54) is 11.8 Å². The summed E-state index contributed by atoms with van der Waals surface area (Å²) >= 11 is 1.46. The van der Waals surface area contributed by atoms with Crippen molar-refractivity contribution >= 4 is 17.7 Å². The molecule has 4 nitrogen and oxygen atoms in total. The highest BCUT2D eigenvalue weighted by Crippen LogP contribution is 2.34. The van der Waals surface area contributed by atoms with Crippen LogP contribution in [0.5, 0.6) is 5.75 Å². The van der Waals surface area contributed by atoms with Gasteiger partial charge >= 0.3 is 0 Å². The third kappa shape index (κ3) is 3.64. The number of hydrazine groups is 1. The van der Waals surface area contributed by atoms with E-state index in [9.17, 15) is 4.79 Å². The fourth-order valence-corrected chi connectivity index (χ4v) is 2.57. The summed E-state index contributed by atoms with van der Waals surface area (Å²) in [7, 11) is 1.62. The molecule has 0 saturated carbocycles. The molecule has 94 valence electrons. The zero-order valence-corrected chi connectivity index (χ0v) is 11.1. The van der Waals surface area contributed by atoms with Crippen molar-refractivity contribution in [2.45, 2.75) is 24.0 Å². The van der Waals surface area contributed by atoms with Crippen LogP contribution in [0.2, 0.25) is 0 Å². The number of methoxy groups -OCH3 is 1. The molecule has 1 aromatic rings. The summed E-state index contributed by atoms with van der Waals surface area (Å²) in [5, 5.41) is -0.226. The highest BCUT2D eigenvalue weighted by atomic mass is 32.2. The van der Waals surface area contributed by atoms with E-state index >= 15 is 0 Å². The summed E-state index contributed by atoms with van der Waals surface area (Å²) in [4.78, 5) is 12.6. The van der Waals surface area contributed by atoms with Gasteiger partial charge in [0.2, 0.25) is 5.91 Å². The molecular formula is C12H18N2O2S. The van der Waals surface area contributed by atoms with Gasteiger partial charge in [0.15, 0.2) is 0 Å². The smallest absolute Gasteiger partial charge is 0.247 e.